The molecule has 5 nitrogen and oxygen atoms in total. The minimum absolute atomic E-state index is 0.257. The van der Waals surface area contributed by atoms with Crippen LogP contribution in [-0.4, -0.2) is 24.3 Å². The van der Waals surface area contributed by atoms with Gasteiger partial charge >= 0.3 is 0 Å². The van der Waals surface area contributed by atoms with Crippen molar-refractivity contribution >= 4 is 11.3 Å². The highest BCUT2D eigenvalue weighted by molar-refractivity contribution is 7.12. The van der Waals surface area contributed by atoms with Crippen LogP contribution in [0, 0.1) is 0 Å². The van der Waals surface area contributed by atoms with Crippen LogP contribution in [-0.2, 0) is 0 Å². The third-order valence-electron chi connectivity index (χ3n) is 2.29. The Labute approximate surface area is 107 Å². The lowest BCUT2D eigenvalue weighted by atomic mass is 10.2. The number of hydrogen-bond acceptors (Lipinski definition) is 6. The maximum Gasteiger partial charge on any atom is 0.239 e. The maximum absolute atomic E-state index is 11.3. The van der Waals surface area contributed by atoms with Crippen LogP contribution in [0.5, 0.6) is 17.4 Å². The average Bonchev–Trinajstić information content (AvgIpc) is 2.36. The molecule has 2 rings (SSSR count). The summed E-state index contributed by atoms with van der Waals surface area (Å²) in [4.78, 5) is 15.2. The van der Waals surface area contributed by atoms with E-state index < -0.39 is 0 Å². The summed E-state index contributed by atoms with van der Waals surface area (Å²) in [5.41, 5.74) is 0.686. The molecule has 18 heavy (non-hydrogen) atoms. The summed E-state index contributed by atoms with van der Waals surface area (Å²) in [7, 11) is 3.07. The first-order valence-corrected chi connectivity index (χ1v) is 5.89. The molecule has 0 aliphatic carbocycles. The van der Waals surface area contributed by atoms with Crippen molar-refractivity contribution in [3.05, 3.63) is 33.8 Å². The Morgan fingerprint density at radius 2 is 1.89 bits per heavy atom. The second-order valence-electron chi connectivity index (χ2n) is 3.41. The molecule has 6 heteroatoms. The average molecular weight is 265 g/mol. The molecule has 0 atom stereocenters. The van der Waals surface area contributed by atoms with Crippen LogP contribution in [0.15, 0.2) is 29.1 Å². The normalized spacial score (nSPS) is 10.1. The molecule has 1 aromatic heterocycles. The SMILES string of the molecule is COc1ccc(-c2nc(O)cc(=O)s2)cc1OC. The summed E-state index contributed by atoms with van der Waals surface area (Å²) >= 11 is 0.954. The van der Waals surface area contributed by atoms with Gasteiger partial charge in [0.05, 0.1) is 20.3 Å². The predicted molar refractivity (Wildman–Crippen MR) is 68.6 cm³/mol. The van der Waals surface area contributed by atoms with Gasteiger partial charge in [0.2, 0.25) is 10.6 Å². The Morgan fingerprint density at radius 1 is 1.17 bits per heavy atom. The van der Waals surface area contributed by atoms with Crippen LogP contribution in [0.3, 0.4) is 0 Å². The first kappa shape index (κ1) is 12.4. The highest BCUT2D eigenvalue weighted by Gasteiger charge is 2.09. The molecule has 0 radical (unpaired) electrons. The zero-order chi connectivity index (χ0) is 13.1. The predicted octanol–water partition coefficient (Wildman–Crippen LogP) is 1.89. The second-order valence-corrected chi connectivity index (χ2v) is 4.40. The lowest BCUT2D eigenvalue weighted by molar-refractivity contribution is 0.355. The molecule has 0 spiro atoms. The Bertz CT molecular complexity index is 624. The first-order valence-electron chi connectivity index (χ1n) is 5.07. The Hall–Kier alpha value is -2.08. The van der Waals surface area contributed by atoms with E-state index in [4.69, 9.17) is 9.47 Å². The fraction of sp³-hybridized carbons (Fsp3) is 0.167. The third-order valence-corrected chi connectivity index (χ3v) is 3.13. The van der Waals surface area contributed by atoms with Gasteiger partial charge in [-0.3, -0.25) is 4.79 Å². The molecule has 0 aliphatic rings. The molecule has 0 amide bonds. The molecule has 0 saturated heterocycles. The van der Waals surface area contributed by atoms with E-state index in [1.807, 2.05) is 0 Å². The molecule has 0 aliphatic heterocycles. The van der Waals surface area contributed by atoms with Crippen molar-refractivity contribution in [2.45, 2.75) is 0 Å². The van der Waals surface area contributed by atoms with Crippen molar-refractivity contribution < 1.29 is 14.6 Å². The standard InChI is InChI=1S/C12H11NO4S/c1-16-8-4-3-7(5-9(8)17-2)12-13-10(14)6-11(15)18-12/h3-6,14H,1-2H3. The molecular formula is C12H11NO4S. The van der Waals surface area contributed by atoms with Gasteiger partial charge in [0.1, 0.15) is 5.01 Å². The van der Waals surface area contributed by atoms with Crippen molar-refractivity contribution in [3.8, 4) is 28.0 Å². The number of nitrogens with zero attached hydrogens (tertiary/aromatic N) is 1. The highest BCUT2D eigenvalue weighted by Crippen LogP contribution is 2.32. The van der Waals surface area contributed by atoms with Gasteiger partial charge in [0, 0.05) is 5.56 Å². The van der Waals surface area contributed by atoms with Gasteiger partial charge in [-0.1, -0.05) is 11.3 Å². The van der Waals surface area contributed by atoms with Crippen molar-refractivity contribution in [3.63, 3.8) is 0 Å². The van der Waals surface area contributed by atoms with Crippen molar-refractivity contribution in [2.75, 3.05) is 14.2 Å². The van der Waals surface area contributed by atoms with Crippen LogP contribution in [0.25, 0.3) is 10.6 Å². The molecule has 1 aromatic carbocycles. The van der Waals surface area contributed by atoms with Crippen LogP contribution >= 0.6 is 11.3 Å². The number of methoxy groups -OCH3 is 2. The number of aromatic nitrogens is 1. The van der Waals surface area contributed by atoms with E-state index in [9.17, 15) is 9.90 Å². The quantitative estimate of drug-likeness (QED) is 0.917. The minimum Gasteiger partial charge on any atom is -0.493 e. The Balaban J connectivity index is 2.54. The molecule has 1 N–H and O–H groups in total. The van der Waals surface area contributed by atoms with E-state index in [0.29, 0.717) is 22.1 Å². The topological polar surface area (TPSA) is 68.7 Å². The number of ether oxygens (including phenoxy) is 2. The van der Waals surface area contributed by atoms with Crippen molar-refractivity contribution in [1.82, 2.24) is 4.98 Å². The lowest BCUT2D eigenvalue weighted by Crippen LogP contribution is -1.95. The molecule has 94 valence electrons. The second kappa shape index (κ2) is 5.05. The van der Waals surface area contributed by atoms with E-state index in [-0.39, 0.29) is 10.6 Å². The molecule has 1 heterocycles. The lowest BCUT2D eigenvalue weighted by Gasteiger charge is -2.08. The van der Waals surface area contributed by atoms with Crippen LogP contribution < -0.4 is 14.2 Å². The first-order chi connectivity index (χ1) is 8.63. The van der Waals surface area contributed by atoms with Gasteiger partial charge in [-0.25, -0.2) is 4.98 Å². The van der Waals surface area contributed by atoms with Gasteiger partial charge in [-0.05, 0) is 18.2 Å². The Kier molecular flexibility index (Phi) is 3.47. The van der Waals surface area contributed by atoms with Crippen LogP contribution in [0.2, 0.25) is 0 Å². The van der Waals surface area contributed by atoms with E-state index >= 15 is 0 Å². The van der Waals surface area contributed by atoms with Crippen molar-refractivity contribution in [1.29, 1.82) is 0 Å². The van der Waals surface area contributed by atoms with Crippen molar-refractivity contribution in [2.24, 2.45) is 0 Å². The fourth-order valence-electron chi connectivity index (χ4n) is 1.48. The smallest absolute Gasteiger partial charge is 0.239 e. The molecule has 2 aromatic rings. The molecule has 0 bridgehead atoms. The van der Waals surface area contributed by atoms with Gasteiger partial charge in [-0.2, -0.15) is 0 Å². The fourth-order valence-corrected chi connectivity index (χ4v) is 2.22. The van der Waals surface area contributed by atoms with E-state index in [1.165, 1.54) is 7.11 Å². The zero-order valence-electron chi connectivity index (χ0n) is 9.84. The number of benzene rings is 1. The summed E-state index contributed by atoms with van der Waals surface area (Å²) in [5, 5.41) is 9.75. The summed E-state index contributed by atoms with van der Waals surface area (Å²) in [5.74, 6) is 0.845. The summed E-state index contributed by atoms with van der Waals surface area (Å²) in [6, 6.07) is 6.25. The summed E-state index contributed by atoms with van der Waals surface area (Å²) in [6.45, 7) is 0. The van der Waals surface area contributed by atoms with Crippen LogP contribution in [0.1, 0.15) is 0 Å². The maximum atomic E-state index is 11.3. The number of aromatic hydroxyl groups is 1. The summed E-state index contributed by atoms with van der Waals surface area (Å²) < 4.78 is 10.0. The molecule has 0 unspecified atom stereocenters. The largest absolute Gasteiger partial charge is 0.493 e. The highest BCUT2D eigenvalue weighted by atomic mass is 32.1. The minimum atomic E-state index is -0.288. The van der Waals surface area contributed by atoms with Gasteiger partial charge in [0.25, 0.3) is 0 Å². The Morgan fingerprint density at radius 3 is 2.50 bits per heavy atom. The van der Waals surface area contributed by atoms with Crippen LogP contribution in [0.4, 0.5) is 0 Å². The number of rotatable bonds is 3. The zero-order valence-corrected chi connectivity index (χ0v) is 10.7. The van der Waals surface area contributed by atoms with Gasteiger partial charge in [-0.15, -0.1) is 0 Å². The third kappa shape index (κ3) is 2.43. The summed E-state index contributed by atoms with van der Waals surface area (Å²) in [6.07, 6.45) is 0. The van der Waals surface area contributed by atoms with Gasteiger partial charge in [0.15, 0.2) is 11.5 Å². The van der Waals surface area contributed by atoms with E-state index in [0.717, 1.165) is 17.4 Å². The van der Waals surface area contributed by atoms with Gasteiger partial charge < -0.3 is 14.6 Å². The monoisotopic (exact) mass is 265 g/mol. The van der Waals surface area contributed by atoms with E-state index in [1.54, 1.807) is 25.3 Å². The molecule has 0 fully saturated rings. The van der Waals surface area contributed by atoms with E-state index in [2.05, 4.69) is 4.98 Å². The number of hydrogen-bond donors (Lipinski definition) is 1. The molecule has 0 saturated carbocycles. The molecular weight excluding hydrogens is 254 g/mol.